The van der Waals surface area contributed by atoms with E-state index < -0.39 is 0 Å². The minimum absolute atomic E-state index is 0.837. The van der Waals surface area contributed by atoms with Crippen LogP contribution in [0.1, 0.15) is 38.2 Å². The van der Waals surface area contributed by atoms with Gasteiger partial charge in [0, 0.05) is 6.54 Å². The largest absolute Gasteiger partial charge is 0.494 e. The number of ether oxygens (including phenoxy) is 1. The number of hydrogen-bond donors (Lipinski definition) is 0. The molecule has 1 heterocycles. The molecular formula is C16H25NO. The van der Waals surface area contributed by atoms with Gasteiger partial charge in [0.05, 0.1) is 6.61 Å². The zero-order valence-electron chi connectivity index (χ0n) is 11.5. The third-order valence-electron chi connectivity index (χ3n) is 3.61. The van der Waals surface area contributed by atoms with Crippen molar-refractivity contribution in [3.63, 3.8) is 0 Å². The molecule has 18 heavy (non-hydrogen) atoms. The van der Waals surface area contributed by atoms with Gasteiger partial charge in [-0.3, -0.25) is 0 Å². The van der Waals surface area contributed by atoms with Gasteiger partial charge in [-0.2, -0.15) is 0 Å². The van der Waals surface area contributed by atoms with Gasteiger partial charge in [-0.25, -0.2) is 0 Å². The third kappa shape index (κ3) is 4.34. The molecular weight excluding hydrogens is 222 g/mol. The number of rotatable bonds is 7. The van der Waals surface area contributed by atoms with Crippen molar-refractivity contribution in [2.45, 2.75) is 39.0 Å². The fourth-order valence-corrected chi connectivity index (χ4v) is 2.38. The highest BCUT2D eigenvalue weighted by Gasteiger charge is 2.10. The lowest BCUT2D eigenvalue weighted by molar-refractivity contribution is 0.309. The van der Waals surface area contributed by atoms with Gasteiger partial charge in [0.15, 0.2) is 0 Å². The van der Waals surface area contributed by atoms with Gasteiger partial charge in [-0.1, -0.05) is 25.5 Å². The summed E-state index contributed by atoms with van der Waals surface area (Å²) in [6.07, 6.45) is 6.24. The number of likely N-dealkylation sites (tertiary alicyclic amines) is 1. The maximum Gasteiger partial charge on any atom is 0.119 e. The van der Waals surface area contributed by atoms with Crippen LogP contribution in [0.4, 0.5) is 0 Å². The first-order valence-electron chi connectivity index (χ1n) is 7.32. The van der Waals surface area contributed by atoms with E-state index >= 15 is 0 Å². The lowest BCUT2D eigenvalue weighted by Crippen LogP contribution is -2.21. The minimum Gasteiger partial charge on any atom is -0.494 e. The molecule has 100 valence electrons. The molecule has 2 nitrogen and oxygen atoms in total. The maximum atomic E-state index is 5.67. The standard InChI is InChI=1S/C16H25NO/c1-2-3-14-18-16-8-6-15(7-9-16)10-13-17-11-4-5-12-17/h6-9H,2-5,10-14H2,1H3. The van der Waals surface area contributed by atoms with Crippen LogP contribution in [0.15, 0.2) is 24.3 Å². The Balaban J connectivity index is 1.72. The second-order valence-corrected chi connectivity index (χ2v) is 5.14. The van der Waals surface area contributed by atoms with Crippen LogP contribution < -0.4 is 4.74 Å². The Hall–Kier alpha value is -1.02. The highest BCUT2D eigenvalue weighted by atomic mass is 16.5. The molecule has 0 spiro atoms. The second kappa shape index (κ2) is 7.42. The Bertz CT molecular complexity index is 327. The molecule has 0 saturated carbocycles. The van der Waals surface area contributed by atoms with Gasteiger partial charge in [0.1, 0.15) is 5.75 Å². The van der Waals surface area contributed by atoms with Gasteiger partial charge in [0.25, 0.3) is 0 Å². The van der Waals surface area contributed by atoms with Gasteiger partial charge in [0.2, 0.25) is 0 Å². The van der Waals surface area contributed by atoms with Crippen LogP contribution in [0.2, 0.25) is 0 Å². The van der Waals surface area contributed by atoms with E-state index in [9.17, 15) is 0 Å². The first-order valence-corrected chi connectivity index (χ1v) is 7.32. The predicted octanol–water partition coefficient (Wildman–Crippen LogP) is 3.50. The van der Waals surface area contributed by atoms with E-state index in [1.54, 1.807) is 0 Å². The van der Waals surface area contributed by atoms with Crippen molar-refractivity contribution in [3.05, 3.63) is 29.8 Å². The average molecular weight is 247 g/mol. The monoisotopic (exact) mass is 247 g/mol. The molecule has 1 aliphatic heterocycles. The van der Waals surface area contributed by atoms with Gasteiger partial charge in [-0.05, 0) is 56.5 Å². The lowest BCUT2D eigenvalue weighted by Gasteiger charge is -2.14. The van der Waals surface area contributed by atoms with Crippen molar-refractivity contribution in [1.82, 2.24) is 4.90 Å². The molecule has 0 aromatic heterocycles. The molecule has 2 rings (SSSR count). The van der Waals surface area contributed by atoms with Crippen molar-refractivity contribution in [2.75, 3.05) is 26.2 Å². The average Bonchev–Trinajstić information content (AvgIpc) is 2.91. The maximum absolute atomic E-state index is 5.67. The fraction of sp³-hybridized carbons (Fsp3) is 0.625. The molecule has 0 radical (unpaired) electrons. The second-order valence-electron chi connectivity index (χ2n) is 5.14. The summed E-state index contributed by atoms with van der Waals surface area (Å²) in [6.45, 7) is 6.81. The summed E-state index contributed by atoms with van der Waals surface area (Å²) < 4.78 is 5.67. The van der Waals surface area contributed by atoms with Crippen LogP contribution in [0.5, 0.6) is 5.75 Å². The van der Waals surface area contributed by atoms with E-state index in [0.717, 1.165) is 25.2 Å². The third-order valence-corrected chi connectivity index (χ3v) is 3.61. The Morgan fingerprint density at radius 1 is 1.11 bits per heavy atom. The van der Waals surface area contributed by atoms with Crippen LogP contribution in [-0.4, -0.2) is 31.1 Å². The smallest absolute Gasteiger partial charge is 0.119 e. The van der Waals surface area contributed by atoms with Crippen LogP contribution in [0.25, 0.3) is 0 Å². The minimum atomic E-state index is 0.837. The molecule has 0 bridgehead atoms. The first-order chi connectivity index (χ1) is 8.88. The summed E-state index contributed by atoms with van der Waals surface area (Å²) in [4.78, 5) is 2.56. The van der Waals surface area contributed by atoms with Crippen molar-refractivity contribution >= 4 is 0 Å². The van der Waals surface area contributed by atoms with Gasteiger partial charge in [-0.15, -0.1) is 0 Å². The Labute approximate surface area is 111 Å². The van der Waals surface area contributed by atoms with Gasteiger partial charge < -0.3 is 9.64 Å². The summed E-state index contributed by atoms with van der Waals surface area (Å²) in [7, 11) is 0. The fourth-order valence-electron chi connectivity index (χ4n) is 2.38. The van der Waals surface area contributed by atoms with Crippen molar-refractivity contribution in [1.29, 1.82) is 0 Å². The van der Waals surface area contributed by atoms with Gasteiger partial charge >= 0.3 is 0 Å². The molecule has 0 unspecified atom stereocenters. The van der Waals surface area contributed by atoms with E-state index in [2.05, 4.69) is 36.1 Å². The Morgan fingerprint density at radius 3 is 2.50 bits per heavy atom. The van der Waals surface area contributed by atoms with E-state index in [-0.39, 0.29) is 0 Å². The molecule has 1 aromatic rings. The lowest BCUT2D eigenvalue weighted by atomic mass is 10.1. The van der Waals surface area contributed by atoms with E-state index in [1.807, 2.05) is 0 Å². The van der Waals surface area contributed by atoms with Crippen LogP contribution in [0.3, 0.4) is 0 Å². The summed E-state index contributed by atoms with van der Waals surface area (Å²) in [6, 6.07) is 8.62. The predicted molar refractivity (Wildman–Crippen MR) is 76.2 cm³/mol. The Kier molecular flexibility index (Phi) is 5.53. The van der Waals surface area contributed by atoms with Crippen molar-refractivity contribution < 1.29 is 4.74 Å². The Morgan fingerprint density at radius 2 is 1.83 bits per heavy atom. The summed E-state index contributed by atoms with van der Waals surface area (Å²) in [5.41, 5.74) is 1.42. The van der Waals surface area contributed by atoms with Crippen molar-refractivity contribution in [2.24, 2.45) is 0 Å². The van der Waals surface area contributed by atoms with E-state index in [1.165, 1.54) is 44.5 Å². The van der Waals surface area contributed by atoms with Crippen molar-refractivity contribution in [3.8, 4) is 5.75 Å². The SMILES string of the molecule is CCCCOc1ccc(CCN2CCCC2)cc1. The zero-order chi connectivity index (χ0) is 12.6. The number of unbranched alkanes of at least 4 members (excludes halogenated alkanes) is 1. The summed E-state index contributed by atoms with van der Waals surface area (Å²) in [5.74, 6) is 1.01. The number of hydrogen-bond acceptors (Lipinski definition) is 2. The van der Waals surface area contributed by atoms with Crippen LogP contribution in [0, 0.1) is 0 Å². The zero-order valence-corrected chi connectivity index (χ0v) is 11.5. The normalized spacial score (nSPS) is 16.1. The van der Waals surface area contributed by atoms with E-state index in [4.69, 9.17) is 4.74 Å². The summed E-state index contributed by atoms with van der Waals surface area (Å²) in [5, 5.41) is 0. The topological polar surface area (TPSA) is 12.5 Å². The van der Waals surface area contributed by atoms with Crippen LogP contribution in [-0.2, 0) is 6.42 Å². The molecule has 1 aromatic carbocycles. The number of nitrogens with zero attached hydrogens (tertiary/aromatic N) is 1. The van der Waals surface area contributed by atoms with Crippen LogP contribution >= 0.6 is 0 Å². The molecule has 1 fully saturated rings. The quantitative estimate of drug-likeness (QED) is 0.684. The first kappa shape index (κ1) is 13.4. The molecule has 1 saturated heterocycles. The van der Waals surface area contributed by atoms with E-state index in [0.29, 0.717) is 0 Å². The molecule has 0 amide bonds. The highest BCUT2D eigenvalue weighted by molar-refractivity contribution is 5.27. The number of benzene rings is 1. The molecule has 0 N–H and O–H groups in total. The molecule has 2 heteroatoms. The molecule has 0 atom stereocenters. The molecule has 0 aliphatic carbocycles. The highest BCUT2D eigenvalue weighted by Crippen LogP contribution is 2.14. The summed E-state index contributed by atoms with van der Waals surface area (Å²) >= 11 is 0. The molecule has 1 aliphatic rings.